The van der Waals surface area contributed by atoms with Crippen LogP contribution in [-0.4, -0.2) is 72.5 Å². The quantitative estimate of drug-likeness (QED) is 0.0290. The second-order valence-corrected chi connectivity index (χ2v) is 57.9. The largest absolute Gasteiger partial charge is 0.358 e. The summed E-state index contributed by atoms with van der Waals surface area (Å²) in [4.78, 5) is 13.2. The normalized spacial score (nSPS) is 21.3. The summed E-state index contributed by atoms with van der Waals surface area (Å²) in [5, 5.41) is 17.3. The SMILES string of the molecule is CCCCB1O[C@@H](C)[C@H](C(=O)N(C)C)O1.CCCCCCCC/C=C/CO.CCCCCCCC[C@H]1C[C@@H]1CO.IC[I-]I1C[IH]1.[CH3-].[Zn]. The Morgan fingerprint density at radius 1 is 0.917 bits per heavy atom. The van der Waals surface area contributed by atoms with E-state index in [4.69, 9.17) is 19.5 Å². The van der Waals surface area contributed by atoms with E-state index >= 15 is 0 Å². The van der Waals surface area contributed by atoms with Crippen LogP contribution in [0.2, 0.25) is 6.32 Å². The van der Waals surface area contributed by atoms with Crippen LogP contribution >= 0.6 is 51.7 Å². The topological polar surface area (TPSA) is 79.2 Å². The summed E-state index contributed by atoms with van der Waals surface area (Å²) < 4.78 is 14.6. The molecule has 2 N–H and O–H groups in total. The number of hydrogen-bond donors (Lipinski definition) is 2. The molecule has 2 aliphatic heterocycles. The maximum absolute atomic E-state index is 11.7. The zero-order valence-corrected chi connectivity index (χ0v) is 43.7. The average Bonchev–Trinajstić information content (AvgIpc) is 3.98. The fourth-order valence-corrected chi connectivity index (χ4v) is 93.8. The third-order valence-corrected chi connectivity index (χ3v) is 64.8. The first kappa shape index (κ1) is 55.0. The molecule has 3 rings (SSSR count). The van der Waals surface area contributed by atoms with Crippen molar-refractivity contribution >= 4 is 64.7 Å². The Kier molecular flexibility index (Phi) is 45.1. The molecule has 1 amide bonds. The van der Waals surface area contributed by atoms with Gasteiger partial charge in [0.15, 0.2) is 0 Å². The van der Waals surface area contributed by atoms with E-state index in [9.17, 15) is 4.79 Å². The van der Waals surface area contributed by atoms with Gasteiger partial charge in [-0.15, -0.1) is 0 Å². The summed E-state index contributed by atoms with van der Waals surface area (Å²) in [6, 6.07) is 0. The summed E-state index contributed by atoms with van der Waals surface area (Å²) in [6.07, 6.45) is 26.7. The monoisotopic (exact) mass is 1180 g/mol. The number of aliphatic hydroxyl groups excluding tert-OH is 2. The van der Waals surface area contributed by atoms with E-state index in [0.717, 1.165) is 66.0 Å². The first-order valence-corrected chi connectivity index (χ1v) is 37.4. The Balaban J connectivity index is -0.000000573. The van der Waals surface area contributed by atoms with Gasteiger partial charge in [-0.05, 0) is 44.3 Å². The van der Waals surface area contributed by atoms with E-state index in [1.165, 1.54) is 89.9 Å². The van der Waals surface area contributed by atoms with E-state index in [-0.39, 0.29) is 64.5 Å². The average molecular weight is 1180 g/mol. The molecule has 0 aromatic rings. The number of carbonyl (C=O) groups excluding carboxylic acids is 1. The maximum Gasteiger partial charge on any atom is 0 e. The second-order valence-electron chi connectivity index (χ2n) is 12.6. The molecule has 48 heavy (non-hydrogen) atoms. The Labute approximate surface area is 345 Å². The fraction of sp³-hybridized carbons (Fsp3) is 0.889. The van der Waals surface area contributed by atoms with Gasteiger partial charge in [-0.2, -0.15) is 0 Å². The van der Waals surface area contributed by atoms with E-state index < -0.39 is 6.10 Å². The predicted octanol–water partition coefficient (Wildman–Crippen LogP) is 7.74. The second kappa shape index (κ2) is 39.4. The third kappa shape index (κ3) is 33.2. The maximum atomic E-state index is 11.7. The summed E-state index contributed by atoms with van der Waals surface area (Å²) >= 11 is 4.44. The van der Waals surface area contributed by atoms with Crippen LogP contribution in [0.25, 0.3) is 0 Å². The number of likely N-dealkylation sites (N-methyl/N-ethyl adjacent to an activating group) is 1. The van der Waals surface area contributed by atoms with Crippen molar-refractivity contribution in [3.8, 4) is 0 Å². The van der Waals surface area contributed by atoms with Gasteiger partial charge in [0.2, 0.25) is 0 Å². The van der Waals surface area contributed by atoms with Crippen LogP contribution in [0.15, 0.2) is 12.2 Å². The van der Waals surface area contributed by atoms with Gasteiger partial charge in [0.05, 0.1) is 12.7 Å². The zero-order chi connectivity index (χ0) is 34.4. The molecule has 288 valence electrons. The van der Waals surface area contributed by atoms with Crippen LogP contribution in [0, 0.1) is 19.3 Å². The van der Waals surface area contributed by atoms with Crippen molar-refractivity contribution in [2.24, 2.45) is 11.8 Å². The number of nitrogens with zero attached hydrogens (tertiary/aromatic N) is 1. The molecule has 0 spiro atoms. The summed E-state index contributed by atoms with van der Waals surface area (Å²) in [6.45, 7) is 9.13. The molecular weight excluding hydrogens is 1110 g/mol. The number of rotatable bonds is 22. The van der Waals surface area contributed by atoms with Crippen LogP contribution in [-0.2, 0) is 33.6 Å². The van der Waals surface area contributed by atoms with Crippen molar-refractivity contribution in [2.45, 2.75) is 155 Å². The first-order valence-electron chi connectivity index (χ1n) is 18.1. The molecule has 1 saturated carbocycles. The number of carbonyl (C=O) groups is 1. The first-order chi connectivity index (χ1) is 22.3. The third-order valence-electron chi connectivity index (χ3n) is 8.14. The van der Waals surface area contributed by atoms with E-state index in [1.54, 1.807) is 21.4 Å². The van der Waals surface area contributed by atoms with Crippen molar-refractivity contribution in [3.05, 3.63) is 19.6 Å². The zero-order valence-electron chi connectivity index (χ0n) is 31.9. The molecule has 4 atom stereocenters. The van der Waals surface area contributed by atoms with Crippen molar-refractivity contribution in [2.75, 3.05) is 32.2 Å². The Morgan fingerprint density at radius 2 is 1.48 bits per heavy atom. The summed E-state index contributed by atoms with van der Waals surface area (Å²) in [5.74, 6) is 1.55. The van der Waals surface area contributed by atoms with Crippen LogP contribution in [0.5, 0.6) is 0 Å². The molecular formula is C36H74BI4NO5Zn-2. The Bertz CT molecular complexity index is 728. The number of hydrogen-bond acceptors (Lipinski definition) is 5. The van der Waals surface area contributed by atoms with E-state index in [0.29, 0.717) is 12.5 Å². The van der Waals surface area contributed by atoms with Crippen LogP contribution in [0.1, 0.15) is 137 Å². The van der Waals surface area contributed by atoms with E-state index in [2.05, 4.69) is 49.4 Å². The Morgan fingerprint density at radius 3 is 1.94 bits per heavy atom. The minimum atomic E-state index is -0.429. The van der Waals surface area contributed by atoms with Crippen molar-refractivity contribution < 1.29 is 61.0 Å². The molecule has 0 unspecified atom stereocenters. The number of aliphatic hydroxyl groups is 2. The van der Waals surface area contributed by atoms with Gasteiger partial charge in [0, 0.05) is 40.2 Å². The fourth-order valence-electron chi connectivity index (χ4n) is 5.06. The van der Waals surface area contributed by atoms with Gasteiger partial charge in [0.25, 0.3) is 5.91 Å². The van der Waals surface area contributed by atoms with Gasteiger partial charge >= 0.3 is 80.9 Å². The number of halogens is 4. The molecule has 3 fully saturated rings. The number of allylic oxidation sites excluding steroid dienone is 1. The van der Waals surface area contributed by atoms with Crippen molar-refractivity contribution in [1.29, 1.82) is 0 Å². The molecule has 2 heterocycles. The molecule has 0 aromatic heterocycles. The summed E-state index contributed by atoms with van der Waals surface area (Å²) in [7, 11) is 3.27. The molecule has 0 radical (unpaired) electrons. The van der Waals surface area contributed by atoms with Gasteiger partial charge in [0.1, 0.15) is 6.10 Å². The van der Waals surface area contributed by atoms with Crippen LogP contribution < -0.4 is 17.2 Å². The number of amides is 1. The van der Waals surface area contributed by atoms with E-state index in [1.807, 2.05) is 15.4 Å². The molecule has 2 saturated heterocycles. The minimum Gasteiger partial charge on any atom is -0.358 e. The molecule has 6 nitrogen and oxygen atoms in total. The van der Waals surface area contributed by atoms with Crippen molar-refractivity contribution in [1.82, 2.24) is 4.90 Å². The van der Waals surface area contributed by atoms with Crippen molar-refractivity contribution in [3.63, 3.8) is 0 Å². The van der Waals surface area contributed by atoms with Gasteiger partial charge < -0.3 is 31.8 Å². The molecule has 12 heteroatoms. The standard InChI is InChI=1S/C12H24O.C11H22O.C10H20BNO3.C2H5I4.CH3.Zn/c1-2-3-4-5-6-7-8-11-9-12(11)10-13;1-2-3-4-5-6-7-8-9-10-11-12;1-5-6-7-11-14-8(2)9(15-11)10(13)12(3)4;3-1-4-6-2-5-6;;/h11-13H,2-10H2,1H3;9-10,12H,2-8,11H2,1H3;8-9H,5-7H2,1-4H3;5H,1-2H2;1H3;/q;;;2*-1;/b;10-9+;;;;/t11-,12+;;8-,9+;;;/m0.0.../s1. The molecule has 1 aliphatic carbocycles. The predicted molar refractivity (Wildman–Crippen MR) is 230 cm³/mol. The van der Waals surface area contributed by atoms with Crippen LogP contribution in [0.4, 0.5) is 0 Å². The van der Waals surface area contributed by atoms with Gasteiger partial charge in [-0.25, -0.2) is 0 Å². The smallest absolute Gasteiger partial charge is 0 e. The minimum absolute atomic E-state index is 0. The summed E-state index contributed by atoms with van der Waals surface area (Å²) in [5.41, 5.74) is 0. The Hall–Kier alpha value is 2.66. The van der Waals surface area contributed by atoms with Gasteiger partial charge in [-0.3, -0.25) is 4.79 Å². The van der Waals surface area contributed by atoms with Crippen LogP contribution in [0.3, 0.4) is 0 Å². The number of unbranched alkanes of at least 4 members (excludes halogenated alkanes) is 12. The number of alkyl halides is 4. The molecule has 0 bridgehead atoms. The molecule has 0 aromatic carbocycles. The van der Waals surface area contributed by atoms with Gasteiger partial charge in [-0.1, -0.05) is 123 Å². The molecule has 3 aliphatic rings.